The first-order valence-electron chi connectivity index (χ1n) is 13.0. The Bertz CT molecular complexity index is 1120. The molecule has 1 saturated heterocycles. The number of ether oxygens (including phenoxy) is 5. The maximum Gasteiger partial charge on any atom is 0.338 e. The maximum atomic E-state index is 13.4. The molecule has 2 aliphatic rings. The van der Waals surface area contributed by atoms with Crippen LogP contribution in [0, 0.1) is 0 Å². The van der Waals surface area contributed by atoms with Crippen molar-refractivity contribution >= 4 is 30.2 Å². The van der Waals surface area contributed by atoms with Crippen LogP contribution in [0.2, 0.25) is 18.1 Å². The van der Waals surface area contributed by atoms with Crippen LogP contribution >= 0.6 is 15.9 Å². The molecule has 0 spiro atoms. The van der Waals surface area contributed by atoms with E-state index in [0.29, 0.717) is 29.0 Å². The lowest BCUT2D eigenvalue weighted by Gasteiger charge is -2.38. The van der Waals surface area contributed by atoms with Crippen LogP contribution in [0.3, 0.4) is 0 Å². The van der Waals surface area contributed by atoms with Gasteiger partial charge in [-0.2, -0.15) is 0 Å². The Morgan fingerprint density at radius 1 is 1.08 bits per heavy atom. The van der Waals surface area contributed by atoms with Crippen molar-refractivity contribution in [3.05, 3.63) is 59.7 Å². The number of halogens is 1. The van der Waals surface area contributed by atoms with E-state index in [2.05, 4.69) is 49.8 Å². The fraction of sp³-hybridized carbons (Fsp3) is 0.552. The van der Waals surface area contributed by atoms with Crippen LogP contribution < -0.4 is 9.47 Å². The van der Waals surface area contributed by atoms with Gasteiger partial charge in [-0.25, -0.2) is 4.79 Å². The lowest BCUT2D eigenvalue weighted by Crippen LogP contribution is -2.48. The monoisotopic (exact) mass is 606 g/mol. The van der Waals surface area contributed by atoms with Gasteiger partial charge in [-0.05, 0) is 61.8 Å². The standard InChI is InChI=1S/C29H39BrO7Si/c1-28(2,3)38(6,7)34-17-24-26(37-29(4,5)36-24)25(35-27(31)19-11-9-8-10-12-19)21(16-30)20-13-14-22-23(15-20)33-18-32-22/h8-15,21,24-26H,16-18H2,1-7H3/t21-,24-,25+,26-/m0/s1. The van der Waals surface area contributed by atoms with Crippen LogP contribution in [-0.4, -0.2) is 57.1 Å². The summed E-state index contributed by atoms with van der Waals surface area (Å²) in [5.74, 6) is -0.171. The summed E-state index contributed by atoms with van der Waals surface area (Å²) in [6.07, 6.45) is -1.66. The van der Waals surface area contributed by atoms with E-state index >= 15 is 0 Å². The zero-order valence-electron chi connectivity index (χ0n) is 23.3. The number of hydrogen-bond acceptors (Lipinski definition) is 7. The van der Waals surface area contributed by atoms with Gasteiger partial charge in [-0.15, -0.1) is 0 Å². The zero-order chi connectivity index (χ0) is 27.7. The average Bonchev–Trinajstić information content (AvgIpc) is 3.45. The number of esters is 1. The zero-order valence-corrected chi connectivity index (χ0v) is 25.9. The van der Waals surface area contributed by atoms with E-state index in [1.165, 1.54) is 0 Å². The predicted octanol–water partition coefficient (Wildman–Crippen LogP) is 6.66. The molecule has 2 aromatic carbocycles. The molecule has 9 heteroatoms. The molecule has 38 heavy (non-hydrogen) atoms. The molecule has 0 saturated carbocycles. The molecule has 0 amide bonds. The van der Waals surface area contributed by atoms with Crippen molar-refractivity contribution < 1.29 is 32.9 Å². The molecule has 7 nitrogen and oxygen atoms in total. The molecule has 0 unspecified atom stereocenters. The summed E-state index contributed by atoms with van der Waals surface area (Å²) in [5, 5.41) is 0.566. The van der Waals surface area contributed by atoms with Crippen molar-refractivity contribution in [1.29, 1.82) is 0 Å². The van der Waals surface area contributed by atoms with Crippen molar-refractivity contribution in [3.8, 4) is 11.5 Å². The number of carbonyl (C=O) groups is 1. The Balaban J connectivity index is 1.68. The van der Waals surface area contributed by atoms with Crippen molar-refractivity contribution in [2.24, 2.45) is 0 Å². The Kier molecular flexibility index (Phi) is 8.64. The molecule has 2 heterocycles. The topological polar surface area (TPSA) is 72.5 Å². The summed E-state index contributed by atoms with van der Waals surface area (Å²) in [5.41, 5.74) is 1.41. The summed E-state index contributed by atoms with van der Waals surface area (Å²) in [6, 6.07) is 14.8. The minimum atomic E-state index is -2.06. The molecule has 0 bridgehead atoms. The molecule has 0 N–H and O–H groups in total. The molecular formula is C29H39BrO7Si. The molecule has 1 fully saturated rings. The first kappa shape index (κ1) is 29.1. The summed E-state index contributed by atoms with van der Waals surface area (Å²) in [6.45, 7) is 15.3. The first-order valence-corrected chi connectivity index (χ1v) is 17.1. The Morgan fingerprint density at radius 3 is 2.42 bits per heavy atom. The van der Waals surface area contributed by atoms with Crippen LogP contribution in [0.15, 0.2) is 48.5 Å². The van der Waals surface area contributed by atoms with Crippen LogP contribution in [0.5, 0.6) is 11.5 Å². The highest BCUT2D eigenvalue weighted by Gasteiger charge is 2.50. The van der Waals surface area contributed by atoms with E-state index in [1.54, 1.807) is 12.1 Å². The minimum absolute atomic E-state index is 0.0432. The van der Waals surface area contributed by atoms with Gasteiger partial charge in [0.05, 0.1) is 12.2 Å². The highest BCUT2D eigenvalue weighted by molar-refractivity contribution is 9.09. The second-order valence-corrected chi connectivity index (χ2v) is 17.3. The largest absolute Gasteiger partial charge is 0.455 e. The second-order valence-electron chi connectivity index (χ2n) is 11.8. The molecule has 2 aromatic rings. The molecule has 4 rings (SSSR count). The van der Waals surface area contributed by atoms with E-state index in [1.807, 2.05) is 50.2 Å². The third-order valence-electron chi connectivity index (χ3n) is 7.60. The molecule has 2 aliphatic heterocycles. The summed E-state index contributed by atoms with van der Waals surface area (Å²) in [4.78, 5) is 13.4. The van der Waals surface area contributed by atoms with Crippen LogP contribution in [-0.2, 0) is 18.6 Å². The lowest BCUT2D eigenvalue weighted by atomic mass is 9.89. The normalized spacial score (nSPS) is 22.2. The van der Waals surface area contributed by atoms with Gasteiger partial charge in [-0.1, -0.05) is 61.0 Å². The van der Waals surface area contributed by atoms with Crippen LogP contribution in [0.4, 0.5) is 0 Å². The fourth-order valence-electron chi connectivity index (χ4n) is 4.43. The number of hydrogen-bond donors (Lipinski definition) is 0. The fourth-order valence-corrected chi connectivity index (χ4v) is 6.19. The van der Waals surface area contributed by atoms with E-state index < -0.39 is 38.4 Å². The third kappa shape index (κ3) is 6.45. The molecule has 0 radical (unpaired) electrons. The van der Waals surface area contributed by atoms with Gasteiger partial charge in [-0.3, -0.25) is 0 Å². The average molecular weight is 608 g/mol. The minimum Gasteiger partial charge on any atom is -0.455 e. The van der Waals surface area contributed by atoms with E-state index in [0.717, 1.165) is 5.56 Å². The van der Waals surface area contributed by atoms with Gasteiger partial charge in [0, 0.05) is 11.2 Å². The smallest absolute Gasteiger partial charge is 0.338 e. The number of fused-ring (bicyclic) bond motifs is 1. The van der Waals surface area contributed by atoms with Crippen molar-refractivity contribution in [2.75, 3.05) is 18.7 Å². The Hall–Kier alpha value is -1.91. The van der Waals surface area contributed by atoms with Gasteiger partial charge in [0.25, 0.3) is 0 Å². The number of benzene rings is 2. The van der Waals surface area contributed by atoms with Crippen molar-refractivity contribution in [1.82, 2.24) is 0 Å². The quantitative estimate of drug-likeness (QED) is 0.179. The van der Waals surface area contributed by atoms with Gasteiger partial charge in [0.1, 0.15) is 18.3 Å². The third-order valence-corrected chi connectivity index (χ3v) is 12.8. The van der Waals surface area contributed by atoms with Gasteiger partial charge >= 0.3 is 5.97 Å². The molecule has 0 aromatic heterocycles. The molecular weight excluding hydrogens is 568 g/mol. The SMILES string of the molecule is CC1(C)O[C@H]([C@H](OC(=O)c2ccccc2)[C@@H](CBr)c2ccc3c(c2)OCO3)[C@H](CO[Si](C)(C)C(C)(C)C)O1. The molecule has 0 aliphatic carbocycles. The summed E-state index contributed by atoms with van der Waals surface area (Å²) in [7, 11) is -2.06. The van der Waals surface area contributed by atoms with Gasteiger partial charge in [0.15, 0.2) is 25.6 Å². The number of carbonyl (C=O) groups excluding carboxylic acids is 1. The molecule has 208 valence electrons. The number of alkyl halides is 1. The van der Waals surface area contributed by atoms with Crippen LogP contribution in [0.25, 0.3) is 0 Å². The highest BCUT2D eigenvalue weighted by atomic mass is 79.9. The van der Waals surface area contributed by atoms with E-state index in [9.17, 15) is 4.79 Å². The molecule has 4 atom stereocenters. The van der Waals surface area contributed by atoms with E-state index in [-0.39, 0.29) is 17.7 Å². The summed E-state index contributed by atoms with van der Waals surface area (Å²) >= 11 is 3.69. The first-order chi connectivity index (χ1) is 17.8. The summed E-state index contributed by atoms with van der Waals surface area (Å²) < 4.78 is 36.8. The Morgan fingerprint density at radius 2 is 1.76 bits per heavy atom. The maximum absolute atomic E-state index is 13.4. The van der Waals surface area contributed by atoms with Crippen molar-refractivity contribution in [2.45, 2.75) is 82.8 Å². The van der Waals surface area contributed by atoms with E-state index in [4.69, 9.17) is 28.1 Å². The van der Waals surface area contributed by atoms with Gasteiger partial charge in [0.2, 0.25) is 6.79 Å². The van der Waals surface area contributed by atoms with Gasteiger partial charge < -0.3 is 28.1 Å². The second kappa shape index (κ2) is 11.3. The number of rotatable bonds is 9. The van der Waals surface area contributed by atoms with Crippen molar-refractivity contribution in [3.63, 3.8) is 0 Å². The highest BCUT2D eigenvalue weighted by Crippen LogP contribution is 2.42. The predicted molar refractivity (Wildman–Crippen MR) is 152 cm³/mol. The van der Waals surface area contributed by atoms with Crippen LogP contribution in [0.1, 0.15) is 56.5 Å². The Labute approximate surface area is 235 Å². The lowest BCUT2D eigenvalue weighted by molar-refractivity contribution is -0.158.